The Morgan fingerprint density at radius 3 is 2.54 bits per heavy atom. The van der Waals surface area contributed by atoms with Crippen LogP contribution in [0.25, 0.3) is 0 Å². The van der Waals surface area contributed by atoms with Crippen molar-refractivity contribution in [2.45, 2.75) is 32.6 Å². The van der Waals surface area contributed by atoms with Gasteiger partial charge in [0.15, 0.2) is 0 Å². The molecule has 0 radical (unpaired) electrons. The zero-order valence-electron chi connectivity index (χ0n) is 13.9. The molecule has 0 bridgehead atoms. The van der Waals surface area contributed by atoms with Gasteiger partial charge in [-0.3, -0.25) is 4.72 Å². The Morgan fingerprint density at radius 1 is 1.29 bits per heavy atom. The fourth-order valence-corrected chi connectivity index (χ4v) is 4.69. The van der Waals surface area contributed by atoms with Crippen LogP contribution in [-0.4, -0.2) is 26.0 Å². The van der Waals surface area contributed by atoms with Crippen molar-refractivity contribution in [3.63, 3.8) is 0 Å². The molecule has 1 heterocycles. The van der Waals surface area contributed by atoms with Gasteiger partial charge in [0.1, 0.15) is 10.6 Å². The molecule has 2 N–H and O–H groups in total. The topological polar surface area (TPSA) is 88.3 Å². The van der Waals surface area contributed by atoms with Gasteiger partial charge in [0, 0.05) is 15.7 Å². The third kappa shape index (κ3) is 3.64. The van der Waals surface area contributed by atoms with Crippen LogP contribution in [0.5, 0.6) is 0 Å². The number of esters is 1. The Labute approximate surface area is 149 Å². The van der Waals surface area contributed by atoms with Crippen LogP contribution >= 0.6 is 15.9 Å². The summed E-state index contributed by atoms with van der Waals surface area (Å²) in [5, 5.41) is 0. The summed E-state index contributed by atoms with van der Waals surface area (Å²) < 4.78 is 33.7. The highest BCUT2D eigenvalue weighted by Gasteiger charge is 2.27. The van der Waals surface area contributed by atoms with E-state index in [0.717, 1.165) is 5.56 Å². The Hall–Kier alpha value is -1.80. The monoisotopic (exact) mass is 414 g/mol. The number of aromatic nitrogens is 1. The van der Waals surface area contributed by atoms with E-state index in [2.05, 4.69) is 25.6 Å². The number of ether oxygens (including phenoxy) is 1. The molecule has 0 aliphatic heterocycles. The van der Waals surface area contributed by atoms with Crippen molar-refractivity contribution in [2.24, 2.45) is 0 Å². The Kier molecular flexibility index (Phi) is 5.39. The molecule has 130 valence electrons. The number of aryl methyl sites for hydroxylation is 2. The van der Waals surface area contributed by atoms with E-state index in [0.29, 0.717) is 21.4 Å². The van der Waals surface area contributed by atoms with Gasteiger partial charge in [-0.25, -0.2) is 13.2 Å². The van der Waals surface area contributed by atoms with Crippen molar-refractivity contribution in [3.05, 3.63) is 45.2 Å². The minimum atomic E-state index is -3.86. The maximum atomic E-state index is 12.8. The van der Waals surface area contributed by atoms with E-state index in [9.17, 15) is 13.2 Å². The van der Waals surface area contributed by atoms with Crippen molar-refractivity contribution < 1.29 is 17.9 Å². The van der Waals surface area contributed by atoms with Gasteiger partial charge >= 0.3 is 5.97 Å². The largest absolute Gasteiger partial charge is 0.461 e. The van der Waals surface area contributed by atoms with Crippen molar-refractivity contribution >= 4 is 37.6 Å². The number of halogens is 1. The molecule has 0 saturated heterocycles. The SMILES string of the molecule is CCOC(=O)c1[nH]c(C)c(S(=O)(=O)Nc2ccc(C)cc2Br)c1C. The van der Waals surface area contributed by atoms with E-state index in [1.54, 1.807) is 26.8 Å². The number of benzene rings is 1. The molecule has 0 saturated carbocycles. The average Bonchev–Trinajstić information content (AvgIpc) is 2.78. The second-order valence-corrected chi connectivity index (χ2v) is 7.86. The maximum absolute atomic E-state index is 12.8. The van der Waals surface area contributed by atoms with Gasteiger partial charge in [-0.2, -0.15) is 0 Å². The van der Waals surface area contributed by atoms with Crippen LogP contribution in [0.4, 0.5) is 5.69 Å². The summed E-state index contributed by atoms with van der Waals surface area (Å²) in [6.07, 6.45) is 0. The summed E-state index contributed by atoms with van der Waals surface area (Å²) >= 11 is 3.35. The summed E-state index contributed by atoms with van der Waals surface area (Å²) in [5.74, 6) is -0.573. The number of H-pyrrole nitrogens is 1. The summed E-state index contributed by atoms with van der Waals surface area (Å²) in [6.45, 7) is 7.00. The van der Waals surface area contributed by atoms with E-state index < -0.39 is 16.0 Å². The fraction of sp³-hybridized carbons (Fsp3) is 0.312. The molecule has 2 aromatic rings. The van der Waals surface area contributed by atoms with Gasteiger partial charge in [0.05, 0.1) is 12.3 Å². The molecular weight excluding hydrogens is 396 g/mol. The summed E-state index contributed by atoms with van der Waals surface area (Å²) in [5.41, 5.74) is 2.30. The van der Waals surface area contributed by atoms with Gasteiger partial charge in [0.2, 0.25) is 0 Å². The second-order valence-electron chi connectivity index (χ2n) is 5.39. The number of rotatable bonds is 5. The van der Waals surface area contributed by atoms with Crippen LogP contribution in [0.3, 0.4) is 0 Å². The highest BCUT2D eigenvalue weighted by Crippen LogP contribution is 2.29. The lowest BCUT2D eigenvalue weighted by Crippen LogP contribution is -2.15. The maximum Gasteiger partial charge on any atom is 0.355 e. The molecule has 0 unspecified atom stereocenters. The zero-order valence-corrected chi connectivity index (χ0v) is 16.3. The quantitative estimate of drug-likeness (QED) is 0.730. The molecular formula is C16H19BrN2O4S. The van der Waals surface area contributed by atoms with Gasteiger partial charge in [-0.15, -0.1) is 0 Å². The highest BCUT2D eigenvalue weighted by atomic mass is 79.9. The Bertz CT molecular complexity index is 888. The zero-order chi connectivity index (χ0) is 18.1. The third-order valence-electron chi connectivity index (χ3n) is 3.49. The number of nitrogens with one attached hydrogen (secondary N) is 2. The van der Waals surface area contributed by atoms with Crippen molar-refractivity contribution in [2.75, 3.05) is 11.3 Å². The molecule has 0 spiro atoms. The Balaban J connectivity index is 2.44. The smallest absolute Gasteiger partial charge is 0.355 e. The number of hydrogen-bond acceptors (Lipinski definition) is 4. The molecule has 8 heteroatoms. The van der Waals surface area contributed by atoms with Crippen molar-refractivity contribution in [3.8, 4) is 0 Å². The first-order valence-electron chi connectivity index (χ1n) is 7.32. The number of sulfonamides is 1. The predicted octanol–water partition coefficient (Wildman–Crippen LogP) is 3.68. The third-order valence-corrected chi connectivity index (χ3v) is 5.78. The lowest BCUT2D eigenvalue weighted by atomic mass is 10.2. The summed E-state index contributed by atoms with van der Waals surface area (Å²) in [6, 6.07) is 5.31. The molecule has 0 fully saturated rings. The highest BCUT2D eigenvalue weighted by molar-refractivity contribution is 9.10. The summed E-state index contributed by atoms with van der Waals surface area (Å²) in [4.78, 5) is 14.8. The number of aromatic amines is 1. The van der Waals surface area contributed by atoms with E-state index >= 15 is 0 Å². The van der Waals surface area contributed by atoms with E-state index in [-0.39, 0.29) is 17.2 Å². The van der Waals surface area contributed by atoms with E-state index in [1.165, 1.54) is 0 Å². The second kappa shape index (κ2) is 6.98. The number of carbonyl (C=O) groups excluding carboxylic acids is 1. The van der Waals surface area contributed by atoms with Crippen LogP contribution in [0, 0.1) is 20.8 Å². The van der Waals surface area contributed by atoms with Gasteiger partial charge in [-0.05, 0) is 61.3 Å². The first kappa shape index (κ1) is 18.5. The number of anilines is 1. The first-order valence-corrected chi connectivity index (χ1v) is 9.60. The average molecular weight is 415 g/mol. The minimum Gasteiger partial charge on any atom is -0.461 e. The van der Waals surface area contributed by atoms with Gasteiger partial charge in [0.25, 0.3) is 10.0 Å². The standard InChI is InChI=1S/C16H19BrN2O4S/c1-5-23-16(20)14-10(3)15(11(4)18-14)24(21,22)19-13-7-6-9(2)8-12(13)17/h6-8,18-19H,5H2,1-4H3. The minimum absolute atomic E-state index is 0.0537. The normalized spacial score (nSPS) is 11.4. The molecule has 1 aromatic heterocycles. The van der Waals surface area contributed by atoms with Gasteiger partial charge in [-0.1, -0.05) is 6.07 Å². The fourth-order valence-electron chi connectivity index (χ4n) is 2.44. The summed E-state index contributed by atoms with van der Waals surface area (Å²) in [7, 11) is -3.86. The number of hydrogen-bond donors (Lipinski definition) is 2. The molecule has 1 aromatic carbocycles. The lowest BCUT2D eigenvalue weighted by Gasteiger charge is -2.11. The van der Waals surface area contributed by atoms with Crippen LogP contribution in [0.1, 0.15) is 34.2 Å². The van der Waals surface area contributed by atoms with Gasteiger partial charge < -0.3 is 9.72 Å². The van der Waals surface area contributed by atoms with Crippen LogP contribution in [0.15, 0.2) is 27.6 Å². The molecule has 2 rings (SSSR count). The first-order chi connectivity index (χ1) is 11.2. The van der Waals surface area contributed by atoms with Crippen LogP contribution in [-0.2, 0) is 14.8 Å². The van der Waals surface area contributed by atoms with Crippen molar-refractivity contribution in [1.82, 2.24) is 4.98 Å². The van der Waals surface area contributed by atoms with Crippen LogP contribution in [0.2, 0.25) is 0 Å². The van der Waals surface area contributed by atoms with Crippen LogP contribution < -0.4 is 4.72 Å². The lowest BCUT2D eigenvalue weighted by molar-refractivity contribution is 0.0519. The molecule has 0 atom stereocenters. The predicted molar refractivity (Wildman–Crippen MR) is 95.9 cm³/mol. The molecule has 0 aliphatic carbocycles. The molecule has 0 aliphatic rings. The van der Waals surface area contributed by atoms with E-state index in [4.69, 9.17) is 4.74 Å². The molecule has 6 nitrogen and oxygen atoms in total. The Morgan fingerprint density at radius 2 is 1.96 bits per heavy atom. The molecule has 24 heavy (non-hydrogen) atoms. The number of carbonyl (C=O) groups is 1. The molecule has 0 amide bonds. The van der Waals surface area contributed by atoms with E-state index in [1.807, 2.05) is 19.1 Å². The van der Waals surface area contributed by atoms with Crippen molar-refractivity contribution in [1.29, 1.82) is 0 Å².